The zero-order valence-electron chi connectivity index (χ0n) is 26.5. The summed E-state index contributed by atoms with van der Waals surface area (Å²) in [5, 5.41) is 0. The summed E-state index contributed by atoms with van der Waals surface area (Å²) >= 11 is 0. The summed E-state index contributed by atoms with van der Waals surface area (Å²) in [4.78, 5) is 24.7. The van der Waals surface area contributed by atoms with E-state index in [9.17, 15) is 31.2 Å². The quantitative estimate of drug-likeness (QED) is 0.0877. The highest BCUT2D eigenvalue weighted by molar-refractivity contribution is 8.32. The standard InChI is InChI=1S/C32H37F3O9S2/c1-22-8-14-25(15-9-22)45(44-46(38,39)32(33,34)35,26-16-10-23(11-17-26)40-20-28(36)42-30(2,3)4)27-18-12-24(13-19-27)41-21-29(37)43-31(5,6)7/h8-19H,20-21H2,1-7H3/p+1. The number of aryl methyl sites for hydroxylation is 1. The molecule has 0 aliphatic carbocycles. The Kier molecular flexibility index (Phi) is 11.1. The Morgan fingerprint density at radius 1 is 0.630 bits per heavy atom. The highest BCUT2D eigenvalue weighted by Crippen LogP contribution is 2.69. The topological polar surface area (TPSA) is 118 Å². The fraction of sp³-hybridized carbons (Fsp3) is 0.375. The molecule has 0 fully saturated rings. The summed E-state index contributed by atoms with van der Waals surface area (Å²) in [5.41, 5.74) is -6.36. The molecule has 1 N–H and O–H groups in total. The van der Waals surface area contributed by atoms with E-state index < -0.39 is 62.3 Å². The van der Waals surface area contributed by atoms with Crippen LogP contribution in [0.15, 0.2) is 87.5 Å². The predicted octanol–water partition coefficient (Wildman–Crippen LogP) is 7.58. The summed E-state index contributed by atoms with van der Waals surface area (Å²) < 4.78 is 92.3. The second kappa shape index (κ2) is 13.9. The average Bonchev–Trinajstić information content (AvgIpc) is 2.92. The summed E-state index contributed by atoms with van der Waals surface area (Å²) in [6.45, 7) is 11.1. The van der Waals surface area contributed by atoms with Crippen molar-refractivity contribution in [2.24, 2.45) is 0 Å². The predicted molar refractivity (Wildman–Crippen MR) is 167 cm³/mol. The molecular weight excluding hydrogens is 649 g/mol. The van der Waals surface area contributed by atoms with E-state index in [-0.39, 0.29) is 26.2 Å². The minimum atomic E-state index is -6.03. The molecule has 0 aromatic heterocycles. The Hall–Kier alpha value is -3.75. The maximum atomic E-state index is 13.9. The fourth-order valence-electron chi connectivity index (χ4n) is 3.95. The third-order valence-corrected chi connectivity index (χ3v) is 10.9. The van der Waals surface area contributed by atoms with Crippen LogP contribution in [0.2, 0.25) is 0 Å². The molecule has 0 aliphatic rings. The molecule has 14 heteroatoms. The van der Waals surface area contributed by atoms with Gasteiger partial charge in [0.25, 0.3) is 0 Å². The van der Waals surface area contributed by atoms with Gasteiger partial charge >= 0.3 is 27.6 Å². The number of esters is 2. The number of ether oxygens (including phenoxy) is 4. The van der Waals surface area contributed by atoms with Crippen LogP contribution in [0.5, 0.6) is 11.5 Å². The number of halogens is 3. The first-order valence-electron chi connectivity index (χ1n) is 14.0. The lowest BCUT2D eigenvalue weighted by Gasteiger charge is -2.35. The number of alkyl halides is 3. The molecule has 0 atom stereocenters. The van der Waals surface area contributed by atoms with Gasteiger partial charge in [0.15, 0.2) is 13.2 Å². The SMILES string of the molecule is Cc1ccc(S([OH+]S(=O)(=O)C(F)(F)F)(c2ccc(OCC(=O)OC(C)(C)C)cc2)c2ccc(OCC(=O)OC(C)(C)C)cc2)cc1. The van der Waals surface area contributed by atoms with Crippen molar-refractivity contribution in [2.45, 2.75) is 79.9 Å². The summed E-state index contributed by atoms with van der Waals surface area (Å²) in [6.07, 6.45) is 0. The molecule has 0 unspecified atom stereocenters. The van der Waals surface area contributed by atoms with Gasteiger partial charge in [0, 0.05) is 0 Å². The molecule has 3 rings (SSSR count). The van der Waals surface area contributed by atoms with Gasteiger partial charge in [-0.05, 0) is 109 Å². The van der Waals surface area contributed by atoms with Crippen molar-refractivity contribution in [3.05, 3.63) is 78.4 Å². The van der Waals surface area contributed by atoms with Crippen LogP contribution in [0.25, 0.3) is 0 Å². The van der Waals surface area contributed by atoms with E-state index in [0.29, 0.717) is 0 Å². The molecule has 0 heterocycles. The van der Waals surface area contributed by atoms with Crippen LogP contribution in [-0.2, 0) is 29.2 Å². The van der Waals surface area contributed by atoms with Crippen molar-refractivity contribution in [1.82, 2.24) is 0 Å². The van der Waals surface area contributed by atoms with E-state index in [1.165, 1.54) is 60.7 Å². The average molecular weight is 688 g/mol. The molecule has 0 bridgehead atoms. The number of carbonyl (C=O) groups excluding carboxylic acids is 2. The largest absolute Gasteiger partial charge is 0.572 e. The van der Waals surface area contributed by atoms with Crippen molar-refractivity contribution in [3.63, 3.8) is 0 Å². The number of hydrogen-bond donors (Lipinski definition) is 0. The van der Waals surface area contributed by atoms with Crippen LogP contribution in [0.1, 0.15) is 47.1 Å². The second-order valence-electron chi connectivity index (χ2n) is 12.1. The highest BCUT2D eigenvalue weighted by Gasteiger charge is 2.58. The molecular formula is C32H38F3O9S2+. The molecule has 0 spiro atoms. The minimum absolute atomic E-state index is 0.135. The first-order chi connectivity index (χ1) is 21.1. The molecule has 252 valence electrons. The Labute approximate surface area is 268 Å². The number of rotatable bonds is 11. The van der Waals surface area contributed by atoms with Crippen LogP contribution in [0.3, 0.4) is 0 Å². The highest BCUT2D eigenvalue weighted by atomic mass is 32.3. The normalized spacial score (nSPS) is 13.1. The van der Waals surface area contributed by atoms with Crippen LogP contribution < -0.4 is 9.47 Å². The number of hydrogen-bond acceptors (Lipinski definition) is 8. The Morgan fingerprint density at radius 2 is 0.957 bits per heavy atom. The molecule has 3 aromatic carbocycles. The maximum absolute atomic E-state index is 13.9. The van der Waals surface area contributed by atoms with E-state index in [4.69, 9.17) is 18.9 Å². The summed E-state index contributed by atoms with van der Waals surface area (Å²) in [7, 11) is -9.54. The fourth-order valence-corrected chi connectivity index (χ4v) is 8.91. The lowest BCUT2D eigenvalue weighted by atomic mass is 10.2. The van der Waals surface area contributed by atoms with Crippen molar-refractivity contribution in [2.75, 3.05) is 13.2 Å². The Bertz CT molecular complexity index is 1530. The van der Waals surface area contributed by atoms with Gasteiger partial charge in [-0.3, -0.25) is 3.63 Å². The lowest BCUT2D eigenvalue weighted by molar-refractivity contribution is -0.158. The van der Waals surface area contributed by atoms with Crippen LogP contribution >= 0.6 is 10.3 Å². The lowest BCUT2D eigenvalue weighted by Crippen LogP contribution is -2.30. The first-order valence-corrected chi connectivity index (χ1v) is 17.0. The van der Waals surface area contributed by atoms with Gasteiger partial charge < -0.3 is 18.9 Å². The first kappa shape index (κ1) is 36.7. The van der Waals surface area contributed by atoms with Crippen molar-refractivity contribution < 1.29 is 53.8 Å². The number of carbonyl (C=O) groups is 2. The van der Waals surface area contributed by atoms with Gasteiger partial charge in [0.05, 0.1) is 25.0 Å². The maximum Gasteiger partial charge on any atom is 0.572 e. The zero-order valence-corrected chi connectivity index (χ0v) is 28.1. The summed E-state index contributed by atoms with van der Waals surface area (Å²) in [5.74, 6) is -0.874. The minimum Gasteiger partial charge on any atom is -0.482 e. The molecule has 0 amide bonds. The van der Waals surface area contributed by atoms with Gasteiger partial charge in [0.2, 0.25) is 0 Å². The van der Waals surface area contributed by atoms with E-state index in [2.05, 4.69) is 3.63 Å². The van der Waals surface area contributed by atoms with Crippen molar-refractivity contribution >= 4 is 32.4 Å². The smallest absolute Gasteiger partial charge is 0.482 e. The molecule has 0 aliphatic heterocycles. The van der Waals surface area contributed by atoms with Crippen LogP contribution in [0, 0.1) is 6.92 Å². The number of benzene rings is 3. The van der Waals surface area contributed by atoms with Gasteiger partial charge in [-0.15, -0.1) is 8.42 Å². The summed E-state index contributed by atoms with van der Waals surface area (Å²) in [6, 6.07) is 17.6. The van der Waals surface area contributed by atoms with E-state index in [1.54, 1.807) is 60.6 Å². The van der Waals surface area contributed by atoms with Crippen LogP contribution in [-0.4, -0.2) is 53.9 Å². The van der Waals surface area contributed by atoms with Gasteiger partial charge in [-0.25, -0.2) is 9.59 Å². The van der Waals surface area contributed by atoms with Gasteiger partial charge in [-0.1, -0.05) is 17.7 Å². The zero-order chi connectivity index (χ0) is 34.6. The van der Waals surface area contributed by atoms with E-state index >= 15 is 0 Å². The van der Waals surface area contributed by atoms with E-state index in [1.807, 2.05) is 0 Å². The van der Waals surface area contributed by atoms with Crippen molar-refractivity contribution in [1.29, 1.82) is 0 Å². The Morgan fingerprint density at radius 3 is 1.26 bits per heavy atom. The van der Waals surface area contributed by atoms with Crippen molar-refractivity contribution in [3.8, 4) is 11.5 Å². The third kappa shape index (κ3) is 9.87. The van der Waals surface area contributed by atoms with Gasteiger partial charge in [0.1, 0.15) is 22.7 Å². The third-order valence-electron chi connectivity index (χ3n) is 5.75. The molecule has 0 saturated heterocycles. The van der Waals surface area contributed by atoms with Gasteiger partial charge in [-0.2, -0.15) is 13.2 Å². The Balaban J connectivity index is 2.10. The molecule has 0 saturated carbocycles. The molecule has 9 nitrogen and oxygen atoms in total. The molecule has 3 aromatic rings. The van der Waals surface area contributed by atoms with E-state index in [0.717, 1.165) is 5.56 Å². The molecule has 0 radical (unpaired) electrons. The monoisotopic (exact) mass is 687 g/mol. The second-order valence-corrected chi connectivity index (χ2v) is 16.7. The van der Waals surface area contributed by atoms with Crippen LogP contribution in [0.4, 0.5) is 13.2 Å². The molecule has 46 heavy (non-hydrogen) atoms.